The van der Waals surface area contributed by atoms with Crippen LogP contribution >= 0.6 is 11.6 Å². The smallest absolute Gasteiger partial charge is 0.0406 e. The fourth-order valence-electron chi connectivity index (χ4n) is 1.69. The molecule has 2 N–H and O–H groups in total. The lowest BCUT2D eigenvalue weighted by molar-refractivity contribution is 0.547. The highest BCUT2D eigenvalue weighted by Gasteiger charge is 2.12. The van der Waals surface area contributed by atoms with Gasteiger partial charge in [0.2, 0.25) is 0 Å². The van der Waals surface area contributed by atoms with Gasteiger partial charge in [-0.05, 0) is 30.7 Å². The lowest BCUT2D eigenvalue weighted by Gasteiger charge is -2.10. The number of nitrogens with one attached hydrogen (secondary N) is 2. The minimum Gasteiger partial charge on any atom is -0.315 e. The van der Waals surface area contributed by atoms with Crippen LogP contribution in [0.4, 0.5) is 0 Å². The van der Waals surface area contributed by atoms with Gasteiger partial charge in [-0.1, -0.05) is 23.7 Å². The van der Waals surface area contributed by atoms with Crippen molar-refractivity contribution < 1.29 is 0 Å². The Morgan fingerprint density at radius 3 is 2.79 bits per heavy atom. The van der Waals surface area contributed by atoms with Crippen LogP contribution in [0, 0.1) is 0 Å². The first-order valence-electron chi connectivity index (χ1n) is 5.03. The van der Waals surface area contributed by atoms with Crippen molar-refractivity contribution in [1.82, 2.24) is 10.6 Å². The van der Waals surface area contributed by atoms with Crippen molar-refractivity contribution in [3.8, 4) is 0 Å². The van der Waals surface area contributed by atoms with E-state index in [1.165, 1.54) is 12.0 Å². The summed E-state index contributed by atoms with van der Waals surface area (Å²) in [6.07, 6.45) is 1.23. The number of benzene rings is 1. The third-order valence-electron chi connectivity index (χ3n) is 2.57. The van der Waals surface area contributed by atoms with Crippen molar-refractivity contribution in [2.45, 2.75) is 19.0 Å². The van der Waals surface area contributed by atoms with Crippen LogP contribution < -0.4 is 10.6 Å². The third-order valence-corrected chi connectivity index (χ3v) is 2.82. The van der Waals surface area contributed by atoms with Gasteiger partial charge in [-0.25, -0.2) is 0 Å². The molecular weight excluding hydrogens is 196 g/mol. The molecule has 0 unspecified atom stereocenters. The summed E-state index contributed by atoms with van der Waals surface area (Å²) in [5, 5.41) is 7.65. The number of hydrogen-bond donors (Lipinski definition) is 2. The fraction of sp³-hybridized carbons (Fsp3) is 0.455. The average Bonchev–Trinajstić information content (AvgIpc) is 2.70. The van der Waals surface area contributed by atoms with E-state index in [1.54, 1.807) is 0 Å². The summed E-state index contributed by atoms with van der Waals surface area (Å²) in [4.78, 5) is 0. The van der Waals surface area contributed by atoms with Gasteiger partial charge >= 0.3 is 0 Å². The van der Waals surface area contributed by atoms with Gasteiger partial charge in [0.05, 0.1) is 0 Å². The van der Waals surface area contributed by atoms with Crippen molar-refractivity contribution in [1.29, 1.82) is 0 Å². The summed E-state index contributed by atoms with van der Waals surface area (Å²) in [6, 6.07) is 8.64. The van der Waals surface area contributed by atoms with Crippen LogP contribution in [-0.4, -0.2) is 19.1 Å². The van der Waals surface area contributed by atoms with Crippen LogP contribution in [0.15, 0.2) is 24.3 Å². The molecule has 14 heavy (non-hydrogen) atoms. The van der Waals surface area contributed by atoms with Crippen molar-refractivity contribution >= 4 is 11.6 Å². The number of halogens is 1. The molecule has 0 radical (unpaired) electrons. The number of hydrogen-bond acceptors (Lipinski definition) is 2. The van der Waals surface area contributed by atoms with Crippen LogP contribution in [0.1, 0.15) is 12.0 Å². The van der Waals surface area contributed by atoms with Gasteiger partial charge in [-0.3, -0.25) is 0 Å². The van der Waals surface area contributed by atoms with Crippen molar-refractivity contribution in [2.75, 3.05) is 13.1 Å². The molecule has 0 amide bonds. The molecule has 1 fully saturated rings. The van der Waals surface area contributed by atoms with E-state index in [2.05, 4.69) is 22.8 Å². The molecule has 1 atom stereocenters. The third kappa shape index (κ3) is 2.71. The molecular formula is C11H15ClN2. The van der Waals surface area contributed by atoms with E-state index >= 15 is 0 Å². The Morgan fingerprint density at radius 1 is 1.36 bits per heavy atom. The summed E-state index contributed by atoms with van der Waals surface area (Å²) in [6.45, 7) is 3.16. The maximum Gasteiger partial charge on any atom is 0.0406 e. The van der Waals surface area contributed by atoms with E-state index in [-0.39, 0.29) is 0 Å². The molecule has 76 valence electrons. The molecule has 0 aliphatic carbocycles. The summed E-state index contributed by atoms with van der Waals surface area (Å²) >= 11 is 5.81. The topological polar surface area (TPSA) is 24.1 Å². The van der Waals surface area contributed by atoms with Gasteiger partial charge < -0.3 is 10.6 Å². The van der Waals surface area contributed by atoms with Gasteiger partial charge in [0.25, 0.3) is 0 Å². The highest BCUT2D eigenvalue weighted by Crippen LogP contribution is 2.09. The second-order valence-corrected chi connectivity index (χ2v) is 4.13. The highest BCUT2D eigenvalue weighted by molar-refractivity contribution is 6.30. The molecule has 1 heterocycles. The highest BCUT2D eigenvalue weighted by atomic mass is 35.5. The van der Waals surface area contributed by atoms with E-state index in [9.17, 15) is 0 Å². The van der Waals surface area contributed by atoms with Gasteiger partial charge in [-0.15, -0.1) is 0 Å². The monoisotopic (exact) mass is 210 g/mol. The van der Waals surface area contributed by atoms with Gasteiger partial charge in [0, 0.05) is 24.2 Å². The summed E-state index contributed by atoms with van der Waals surface area (Å²) in [5.41, 5.74) is 1.29. The van der Waals surface area contributed by atoms with E-state index in [4.69, 9.17) is 11.6 Å². The largest absolute Gasteiger partial charge is 0.315 e. The second-order valence-electron chi connectivity index (χ2n) is 3.70. The SMILES string of the molecule is Clc1ccc(CN[C@H]2CCNC2)cc1. The minimum atomic E-state index is 0.630. The quantitative estimate of drug-likeness (QED) is 0.795. The molecule has 1 aliphatic heterocycles. The maximum absolute atomic E-state index is 5.81. The van der Waals surface area contributed by atoms with Crippen LogP contribution in [0.3, 0.4) is 0 Å². The predicted octanol–water partition coefficient (Wildman–Crippen LogP) is 1.79. The van der Waals surface area contributed by atoms with Crippen LogP contribution in [0.2, 0.25) is 5.02 Å². The summed E-state index contributed by atoms with van der Waals surface area (Å²) in [7, 11) is 0. The molecule has 3 heteroatoms. The standard InChI is InChI=1S/C11H15ClN2/c12-10-3-1-9(2-4-10)7-14-11-5-6-13-8-11/h1-4,11,13-14H,5-8H2/t11-/m0/s1. The van der Waals surface area contributed by atoms with Crippen molar-refractivity contribution in [3.63, 3.8) is 0 Å². The predicted molar refractivity (Wildman–Crippen MR) is 59.6 cm³/mol. The van der Waals surface area contributed by atoms with Crippen LogP contribution in [-0.2, 0) is 6.54 Å². The Hall–Kier alpha value is -0.570. The van der Waals surface area contributed by atoms with Crippen LogP contribution in [0.5, 0.6) is 0 Å². The summed E-state index contributed by atoms with van der Waals surface area (Å²) < 4.78 is 0. The van der Waals surface area contributed by atoms with Crippen molar-refractivity contribution in [2.24, 2.45) is 0 Å². The molecule has 1 aliphatic rings. The van der Waals surface area contributed by atoms with E-state index < -0.39 is 0 Å². The Morgan fingerprint density at radius 2 is 2.14 bits per heavy atom. The zero-order chi connectivity index (χ0) is 9.80. The Kier molecular flexibility index (Phi) is 3.40. The average molecular weight is 211 g/mol. The Balaban J connectivity index is 1.82. The Labute approximate surface area is 89.7 Å². The fourth-order valence-corrected chi connectivity index (χ4v) is 1.82. The second kappa shape index (κ2) is 4.78. The molecule has 1 aromatic rings. The van der Waals surface area contributed by atoms with E-state index in [1.807, 2.05) is 12.1 Å². The van der Waals surface area contributed by atoms with E-state index in [0.717, 1.165) is 24.7 Å². The van der Waals surface area contributed by atoms with Crippen LogP contribution in [0.25, 0.3) is 0 Å². The lowest BCUT2D eigenvalue weighted by atomic mass is 10.2. The molecule has 0 aromatic heterocycles. The zero-order valence-corrected chi connectivity index (χ0v) is 8.85. The molecule has 2 rings (SSSR count). The van der Waals surface area contributed by atoms with Gasteiger partial charge in [0.15, 0.2) is 0 Å². The maximum atomic E-state index is 5.81. The molecule has 0 bridgehead atoms. The molecule has 1 saturated heterocycles. The molecule has 0 saturated carbocycles. The minimum absolute atomic E-state index is 0.630. The first kappa shape index (κ1) is 9.97. The molecule has 1 aromatic carbocycles. The van der Waals surface area contributed by atoms with Gasteiger partial charge in [0.1, 0.15) is 0 Å². The summed E-state index contributed by atoms with van der Waals surface area (Å²) in [5.74, 6) is 0. The van der Waals surface area contributed by atoms with Gasteiger partial charge in [-0.2, -0.15) is 0 Å². The molecule has 2 nitrogen and oxygen atoms in total. The zero-order valence-electron chi connectivity index (χ0n) is 8.09. The van der Waals surface area contributed by atoms with Crippen molar-refractivity contribution in [3.05, 3.63) is 34.9 Å². The first-order valence-corrected chi connectivity index (χ1v) is 5.41. The van der Waals surface area contributed by atoms with E-state index in [0.29, 0.717) is 6.04 Å². The first-order chi connectivity index (χ1) is 6.84. The Bertz CT molecular complexity index is 278. The number of rotatable bonds is 3. The normalized spacial score (nSPS) is 21.4. The lowest BCUT2D eigenvalue weighted by Crippen LogP contribution is -2.30. The molecule has 0 spiro atoms.